The maximum absolute atomic E-state index is 6.08. The minimum atomic E-state index is -0.0766. The van der Waals surface area contributed by atoms with Crippen LogP contribution in [0.4, 0.5) is 0 Å². The van der Waals surface area contributed by atoms with Gasteiger partial charge in [0, 0.05) is 16.6 Å². The highest BCUT2D eigenvalue weighted by Gasteiger charge is 2.09. The van der Waals surface area contributed by atoms with Crippen molar-refractivity contribution in [1.82, 2.24) is 9.97 Å². The lowest BCUT2D eigenvalue weighted by Crippen LogP contribution is -2.04. The Kier molecular flexibility index (Phi) is 3.19. The molecule has 1 heterocycles. The van der Waals surface area contributed by atoms with E-state index in [1.807, 2.05) is 13.0 Å². The van der Waals surface area contributed by atoms with Crippen molar-refractivity contribution in [3.63, 3.8) is 0 Å². The molecule has 3 N–H and O–H groups in total. The molecule has 0 aliphatic heterocycles. The molecule has 1 aromatic carbocycles. The Labute approximate surface area is 104 Å². The topological polar surface area (TPSA) is 54.7 Å². The third kappa shape index (κ3) is 2.21. The minimum absolute atomic E-state index is 0.0766. The number of nitrogens with zero attached hydrogens (tertiary/aromatic N) is 1. The van der Waals surface area contributed by atoms with Crippen molar-refractivity contribution in [2.45, 2.75) is 13.0 Å². The Morgan fingerprint density at radius 1 is 1.38 bits per heavy atom. The van der Waals surface area contributed by atoms with Crippen molar-refractivity contribution in [3.05, 3.63) is 40.1 Å². The Morgan fingerprint density at radius 2 is 2.12 bits per heavy atom. The van der Waals surface area contributed by atoms with Crippen LogP contribution in [0.3, 0.4) is 0 Å². The third-order valence-corrected chi connectivity index (χ3v) is 2.82. The van der Waals surface area contributed by atoms with Crippen LogP contribution < -0.4 is 5.73 Å². The van der Waals surface area contributed by atoms with Gasteiger partial charge in [0.2, 0.25) is 0 Å². The van der Waals surface area contributed by atoms with E-state index in [0.29, 0.717) is 15.9 Å². The fourth-order valence-electron chi connectivity index (χ4n) is 1.39. The molecule has 3 nitrogen and oxygen atoms in total. The van der Waals surface area contributed by atoms with Crippen LogP contribution in [-0.2, 0) is 0 Å². The summed E-state index contributed by atoms with van der Waals surface area (Å²) in [4.78, 5) is 7.36. The fraction of sp³-hybridized carbons (Fsp3) is 0.182. The van der Waals surface area contributed by atoms with Crippen molar-refractivity contribution < 1.29 is 0 Å². The van der Waals surface area contributed by atoms with Crippen LogP contribution in [0.5, 0.6) is 0 Å². The highest BCUT2D eigenvalue weighted by Crippen LogP contribution is 2.28. The smallest absolute Gasteiger partial charge is 0.139 e. The number of aromatic amines is 1. The lowest BCUT2D eigenvalue weighted by Gasteiger charge is -2.02. The second-order valence-corrected chi connectivity index (χ2v) is 4.44. The zero-order valence-electron chi connectivity index (χ0n) is 8.67. The van der Waals surface area contributed by atoms with Crippen molar-refractivity contribution in [2.24, 2.45) is 5.73 Å². The lowest BCUT2D eigenvalue weighted by molar-refractivity contribution is 0.789. The quantitative estimate of drug-likeness (QED) is 0.865. The average molecular weight is 256 g/mol. The molecule has 0 radical (unpaired) electrons. The second kappa shape index (κ2) is 4.45. The largest absolute Gasteiger partial charge is 0.341 e. The first-order chi connectivity index (χ1) is 7.58. The van der Waals surface area contributed by atoms with Crippen molar-refractivity contribution in [3.8, 4) is 11.4 Å². The molecule has 0 bridgehead atoms. The normalized spacial score (nSPS) is 12.8. The molecule has 0 saturated carbocycles. The Morgan fingerprint density at radius 3 is 2.69 bits per heavy atom. The standard InChI is InChI=1S/C11H11Cl2N3/c1-6(14)10-5-15-11(16-10)8-3-2-7(12)4-9(8)13/h2-6H,14H2,1H3,(H,15,16). The number of hydrogen-bond acceptors (Lipinski definition) is 2. The monoisotopic (exact) mass is 255 g/mol. The molecule has 2 rings (SSSR count). The van der Waals surface area contributed by atoms with Gasteiger partial charge >= 0.3 is 0 Å². The van der Waals surface area contributed by atoms with Gasteiger partial charge < -0.3 is 10.7 Å². The first-order valence-corrected chi connectivity index (χ1v) is 5.59. The molecular weight excluding hydrogens is 245 g/mol. The van der Waals surface area contributed by atoms with E-state index >= 15 is 0 Å². The van der Waals surface area contributed by atoms with E-state index in [4.69, 9.17) is 28.9 Å². The second-order valence-electron chi connectivity index (χ2n) is 3.60. The van der Waals surface area contributed by atoms with Crippen LogP contribution in [0.25, 0.3) is 11.4 Å². The summed E-state index contributed by atoms with van der Waals surface area (Å²) in [6.07, 6.45) is 1.71. The molecule has 5 heteroatoms. The summed E-state index contributed by atoms with van der Waals surface area (Å²) in [7, 11) is 0. The molecule has 0 aliphatic rings. The van der Waals surface area contributed by atoms with Gasteiger partial charge in [-0.2, -0.15) is 0 Å². The molecular formula is C11H11Cl2N3. The molecule has 84 valence electrons. The van der Waals surface area contributed by atoms with Gasteiger partial charge in [-0.1, -0.05) is 23.2 Å². The summed E-state index contributed by atoms with van der Waals surface area (Å²) in [6, 6.07) is 5.21. The van der Waals surface area contributed by atoms with Crippen LogP contribution in [0.2, 0.25) is 10.0 Å². The summed E-state index contributed by atoms with van der Waals surface area (Å²) >= 11 is 11.9. The van der Waals surface area contributed by atoms with Gasteiger partial charge in [-0.25, -0.2) is 4.98 Å². The molecule has 1 aromatic heterocycles. The number of hydrogen-bond donors (Lipinski definition) is 2. The number of nitrogens with one attached hydrogen (secondary N) is 1. The number of nitrogens with two attached hydrogens (primary N) is 1. The maximum atomic E-state index is 6.08. The molecule has 1 atom stereocenters. The van der Waals surface area contributed by atoms with Gasteiger partial charge in [0.05, 0.1) is 16.9 Å². The molecule has 0 spiro atoms. The van der Waals surface area contributed by atoms with E-state index < -0.39 is 0 Å². The van der Waals surface area contributed by atoms with E-state index in [-0.39, 0.29) is 6.04 Å². The van der Waals surface area contributed by atoms with Crippen LogP contribution in [0.1, 0.15) is 18.7 Å². The summed E-state index contributed by atoms with van der Waals surface area (Å²) in [5.74, 6) is 0.703. The van der Waals surface area contributed by atoms with Crippen molar-refractivity contribution in [2.75, 3.05) is 0 Å². The van der Waals surface area contributed by atoms with Gasteiger partial charge in [-0.15, -0.1) is 0 Å². The lowest BCUT2D eigenvalue weighted by atomic mass is 10.2. The first kappa shape index (κ1) is 11.5. The van der Waals surface area contributed by atoms with E-state index in [0.717, 1.165) is 11.3 Å². The molecule has 2 aromatic rings. The summed E-state index contributed by atoms with van der Waals surface area (Å²) < 4.78 is 0. The minimum Gasteiger partial charge on any atom is -0.341 e. The highest BCUT2D eigenvalue weighted by molar-refractivity contribution is 6.36. The predicted octanol–water partition coefficient (Wildman–Crippen LogP) is 3.40. The average Bonchev–Trinajstić information content (AvgIpc) is 2.66. The van der Waals surface area contributed by atoms with Crippen LogP contribution in [0, 0.1) is 0 Å². The zero-order valence-corrected chi connectivity index (χ0v) is 10.2. The Balaban J connectivity index is 2.42. The molecule has 1 unspecified atom stereocenters. The maximum Gasteiger partial charge on any atom is 0.139 e. The number of aromatic nitrogens is 2. The van der Waals surface area contributed by atoms with Crippen LogP contribution >= 0.6 is 23.2 Å². The Hall–Kier alpha value is -1.03. The van der Waals surface area contributed by atoms with E-state index in [2.05, 4.69) is 9.97 Å². The number of rotatable bonds is 2. The number of halogens is 2. The summed E-state index contributed by atoms with van der Waals surface area (Å²) in [5.41, 5.74) is 7.44. The molecule has 0 saturated heterocycles. The highest BCUT2D eigenvalue weighted by atomic mass is 35.5. The number of benzene rings is 1. The van der Waals surface area contributed by atoms with Gasteiger partial charge in [0.25, 0.3) is 0 Å². The van der Waals surface area contributed by atoms with Crippen LogP contribution in [0.15, 0.2) is 24.4 Å². The molecule has 16 heavy (non-hydrogen) atoms. The zero-order chi connectivity index (χ0) is 11.7. The predicted molar refractivity (Wildman–Crippen MR) is 66.6 cm³/mol. The van der Waals surface area contributed by atoms with Crippen molar-refractivity contribution in [1.29, 1.82) is 0 Å². The van der Waals surface area contributed by atoms with Gasteiger partial charge in [-0.3, -0.25) is 0 Å². The van der Waals surface area contributed by atoms with Crippen molar-refractivity contribution >= 4 is 23.2 Å². The van der Waals surface area contributed by atoms with E-state index in [9.17, 15) is 0 Å². The SMILES string of the molecule is CC(N)c1cnc(-c2ccc(Cl)cc2Cl)[nH]1. The van der Waals surface area contributed by atoms with Gasteiger partial charge in [0.1, 0.15) is 5.82 Å². The molecule has 0 fully saturated rings. The molecule has 0 aliphatic carbocycles. The van der Waals surface area contributed by atoms with Crippen LogP contribution in [-0.4, -0.2) is 9.97 Å². The summed E-state index contributed by atoms with van der Waals surface area (Å²) in [6.45, 7) is 1.89. The van der Waals surface area contributed by atoms with E-state index in [1.165, 1.54) is 0 Å². The third-order valence-electron chi connectivity index (χ3n) is 2.27. The first-order valence-electron chi connectivity index (χ1n) is 4.84. The number of H-pyrrole nitrogens is 1. The summed E-state index contributed by atoms with van der Waals surface area (Å²) in [5, 5.41) is 1.17. The van der Waals surface area contributed by atoms with Gasteiger partial charge in [-0.05, 0) is 25.1 Å². The Bertz CT molecular complexity index is 506. The molecule has 0 amide bonds. The van der Waals surface area contributed by atoms with Gasteiger partial charge in [0.15, 0.2) is 0 Å². The van der Waals surface area contributed by atoms with E-state index in [1.54, 1.807) is 18.3 Å². The fourth-order valence-corrected chi connectivity index (χ4v) is 1.88. The number of imidazole rings is 1.